The fourth-order valence-electron chi connectivity index (χ4n) is 3.92. The minimum Gasteiger partial charge on any atom is -0.336 e. The van der Waals surface area contributed by atoms with Gasteiger partial charge in [0.05, 0.1) is 10.6 Å². The Labute approximate surface area is 166 Å². The van der Waals surface area contributed by atoms with E-state index in [4.69, 9.17) is 0 Å². The fraction of sp³-hybridized carbons (Fsp3) is 0.381. The van der Waals surface area contributed by atoms with E-state index < -0.39 is 10.0 Å². The Morgan fingerprint density at radius 3 is 2.46 bits per heavy atom. The number of para-hydroxylation sites is 1. The van der Waals surface area contributed by atoms with E-state index in [0.29, 0.717) is 31.6 Å². The number of anilines is 1. The number of fused-ring (bicyclic) bond motifs is 1. The van der Waals surface area contributed by atoms with Crippen molar-refractivity contribution in [1.82, 2.24) is 9.80 Å². The third-order valence-corrected chi connectivity index (χ3v) is 7.43. The largest absolute Gasteiger partial charge is 0.336 e. The van der Waals surface area contributed by atoms with Crippen LogP contribution in [0.15, 0.2) is 53.4 Å². The number of rotatable bonds is 4. The van der Waals surface area contributed by atoms with Gasteiger partial charge in [-0.05, 0) is 42.8 Å². The number of hydrogen-bond acceptors (Lipinski definition) is 4. The lowest BCUT2D eigenvalue weighted by Crippen LogP contribution is -2.48. The van der Waals surface area contributed by atoms with E-state index in [-0.39, 0.29) is 10.8 Å². The average Bonchev–Trinajstić information content (AvgIpc) is 3.18. The molecule has 0 saturated carbocycles. The van der Waals surface area contributed by atoms with E-state index in [9.17, 15) is 13.2 Å². The Morgan fingerprint density at radius 1 is 0.964 bits per heavy atom. The van der Waals surface area contributed by atoms with Crippen LogP contribution in [0.5, 0.6) is 0 Å². The second kappa shape index (κ2) is 7.56. The predicted molar refractivity (Wildman–Crippen MR) is 109 cm³/mol. The molecule has 1 fully saturated rings. The Hall–Kier alpha value is -2.38. The minimum atomic E-state index is -3.70. The second-order valence-electron chi connectivity index (χ2n) is 7.21. The number of benzene rings is 2. The molecule has 148 valence electrons. The maximum absolute atomic E-state index is 13.2. The number of hydrogen-bond donors (Lipinski definition) is 0. The van der Waals surface area contributed by atoms with Crippen molar-refractivity contribution in [3.63, 3.8) is 0 Å². The summed E-state index contributed by atoms with van der Waals surface area (Å²) >= 11 is 0. The second-order valence-corrected chi connectivity index (χ2v) is 9.07. The van der Waals surface area contributed by atoms with Crippen LogP contribution in [0.1, 0.15) is 22.8 Å². The van der Waals surface area contributed by atoms with Gasteiger partial charge in [-0.3, -0.25) is 9.10 Å². The number of carbonyl (C=O) groups is 1. The van der Waals surface area contributed by atoms with Gasteiger partial charge in [0.1, 0.15) is 0 Å². The van der Waals surface area contributed by atoms with E-state index in [1.54, 1.807) is 18.2 Å². The van der Waals surface area contributed by atoms with Gasteiger partial charge in [0.25, 0.3) is 15.9 Å². The molecule has 0 atom stereocenters. The SMILES string of the molecule is CCN1CCN(C(=O)c2cccc(S(=O)(=O)N3CCc4ccccc43)c2)CC1. The van der Waals surface area contributed by atoms with Crippen molar-refractivity contribution in [2.45, 2.75) is 18.2 Å². The van der Waals surface area contributed by atoms with Gasteiger partial charge in [-0.15, -0.1) is 0 Å². The van der Waals surface area contributed by atoms with Crippen LogP contribution in [0, 0.1) is 0 Å². The summed E-state index contributed by atoms with van der Waals surface area (Å²) in [7, 11) is -3.70. The lowest BCUT2D eigenvalue weighted by atomic mass is 10.2. The molecule has 6 nitrogen and oxygen atoms in total. The Bertz CT molecular complexity index is 982. The first kappa shape index (κ1) is 19.0. The van der Waals surface area contributed by atoms with Gasteiger partial charge in [-0.1, -0.05) is 31.2 Å². The van der Waals surface area contributed by atoms with Crippen LogP contribution >= 0.6 is 0 Å². The predicted octanol–water partition coefficient (Wildman–Crippen LogP) is 2.22. The number of nitrogens with zero attached hydrogens (tertiary/aromatic N) is 3. The summed E-state index contributed by atoms with van der Waals surface area (Å²) in [4.78, 5) is 17.2. The number of carbonyl (C=O) groups excluding carboxylic acids is 1. The van der Waals surface area contributed by atoms with Gasteiger partial charge in [0.15, 0.2) is 0 Å². The maximum atomic E-state index is 13.2. The highest BCUT2D eigenvalue weighted by atomic mass is 32.2. The van der Waals surface area contributed by atoms with Crippen LogP contribution in [0.25, 0.3) is 0 Å². The summed E-state index contributed by atoms with van der Waals surface area (Å²) in [6, 6.07) is 14.0. The molecule has 1 saturated heterocycles. The summed E-state index contributed by atoms with van der Waals surface area (Å²) < 4.78 is 27.9. The van der Waals surface area contributed by atoms with Crippen molar-refractivity contribution in [3.8, 4) is 0 Å². The molecule has 2 aliphatic rings. The molecule has 7 heteroatoms. The van der Waals surface area contributed by atoms with E-state index in [1.807, 2.05) is 29.2 Å². The van der Waals surface area contributed by atoms with E-state index in [2.05, 4.69) is 11.8 Å². The summed E-state index contributed by atoms with van der Waals surface area (Å²) in [6.07, 6.45) is 0.704. The van der Waals surface area contributed by atoms with Crippen molar-refractivity contribution in [2.24, 2.45) is 0 Å². The number of likely N-dealkylation sites (N-methyl/N-ethyl adjacent to an activating group) is 1. The molecule has 0 radical (unpaired) electrons. The molecule has 0 spiro atoms. The first-order chi connectivity index (χ1) is 13.5. The van der Waals surface area contributed by atoms with Crippen LogP contribution in [-0.4, -0.2) is 63.4 Å². The number of amides is 1. The molecule has 0 N–H and O–H groups in total. The molecule has 4 rings (SSSR count). The van der Waals surface area contributed by atoms with Crippen LogP contribution in [0.2, 0.25) is 0 Å². The molecule has 0 bridgehead atoms. The van der Waals surface area contributed by atoms with E-state index in [1.165, 1.54) is 10.4 Å². The Kier molecular flexibility index (Phi) is 5.12. The lowest BCUT2D eigenvalue weighted by Gasteiger charge is -2.34. The first-order valence-electron chi connectivity index (χ1n) is 9.73. The summed E-state index contributed by atoms with van der Waals surface area (Å²) in [6.45, 7) is 6.57. The van der Waals surface area contributed by atoms with Crippen molar-refractivity contribution in [2.75, 3.05) is 43.6 Å². The van der Waals surface area contributed by atoms with Gasteiger partial charge >= 0.3 is 0 Å². The van der Waals surface area contributed by atoms with E-state index in [0.717, 1.165) is 30.9 Å². The van der Waals surface area contributed by atoms with Crippen LogP contribution in [-0.2, 0) is 16.4 Å². The van der Waals surface area contributed by atoms with Gasteiger partial charge in [-0.25, -0.2) is 8.42 Å². The van der Waals surface area contributed by atoms with Crippen LogP contribution in [0.4, 0.5) is 5.69 Å². The van der Waals surface area contributed by atoms with Crippen molar-refractivity contribution >= 4 is 21.6 Å². The van der Waals surface area contributed by atoms with Crippen molar-refractivity contribution in [3.05, 3.63) is 59.7 Å². The molecule has 2 aliphatic heterocycles. The van der Waals surface area contributed by atoms with E-state index >= 15 is 0 Å². The fourth-order valence-corrected chi connectivity index (χ4v) is 5.47. The molecular weight excluding hydrogens is 374 g/mol. The number of sulfonamides is 1. The zero-order valence-corrected chi connectivity index (χ0v) is 16.9. The quantitative estimate of drug-likeness (QED) is 0.791. The third kappa shape index (κ3) is 3.40. The first-order valence-corrected chi connectivity index (χ1v) is 11.2. The molecule has 2 aromatic rings. The Balaban J connectivity index is 1.58. The molecule has 0 aliphatic carbocycles. The summed E-state index contributed by atoms with van der Waals surface area (Å²) in [5, 5.41) is 0. The standard InChI is InChI=1S/C21H25N3O3S/c1-2-22-12-14-23(15-13-22)21(25)18-7-5-8-19(16-18)28(26,27)24-11-10-17-6-3-4-9-20(17)24/h3-9,16H,2,10-15H2,1H3. The van der Waals surface area contributed by atoms with Gasteiger partial charge in [0.2, 0.25) is 0 Å². The highest BCUT2D eigenvalue weighted by molar-refractivity contribution is 7.92. The zero-order chi connectivity index (χ0) is 19.7. The molecule has 28 heavy (non-hydrogen) atoms. The van der Waals surface area contributed by atoms with Crippen LogP contribution < -0.4 is 4.31 Å². The molecule has 1 amide bonds. The summed E-state index contributed by atoms with van der Waals surface area (Å²) in [5.41, 5.74) is 2.19. The highest BCUT2D eigenvalue weighted by Gasteiger charge is 2.31. The molecule has 2 aromatic carbocycles. The maximum Gasteiger partial charge on any atom is 0.264 e. The van der Waals surface area contributed by atoms with Gasteiger partial charge in [0, 0.05) is 38.3 Å². The lowest BCUT2D eigenvalue weighted by molar-refractivity contribution is 0.0643. The molecule has 0 unspecified atom stereocenters. The minimum absolute atomic E-state index is 0.102. The highest BCUT2D eigenvalue weighted by Crippen LogP contribution is 2.32. The molecule has 0 aromatic heterocycles. The average molecular weight is 400 g/mol. The van der Waals surface area contributed by atoms with Crippen LogP contribution in [0.3, 0.4) is 0 Å². The molecule has 2 heterocycles. The van der Waals surface area contributed by atoms with Crippen molar-refractivity contribution < 1.29 is 13.2 Å². The molecular formula is C21H25N3O3S. The zero-order valence-electron chi connectivity index (χ0n) is 16.0. The smallest absolute Gasteiger partial charge is 0.264 e. The Morgan fingerprint density at radius 2 is 1.71 bits per heavy atom. The summed E-state index contributed by atoms with van der Waals surface area (Å²) in [5.74, 6) is -0.102. The number of piperazine rings is 1. The monoisotopic (exact) mass is 399 g/mol. The third-order valence-electron chi connectivity index (χ3n) is 5.62. The topological polar surface area (TPSA) is 60.9 Å². The van der Waals surface area contributed by atoms with Gasteiger partial charge in [-0.2, -0.15) is 0 Å². The van der Waals surface area contributed by atoms with Gasteiger partial charge < -0.3 is 9.80 Å². The normalized spacial score (nSPS) is 17.6. The van der Waals surface area contributed by atoms with Crippen molar-refractivity contribution in [1.29, 1.82) is 0 Å².